The first-order valence-electron chi connectivity index (χ1n) is 8.06. The van der Waals surface area contributed by atoms with Crippen molar-refractivity contribution >= 4 is 11.9 Å². The van der Waals surface area contributed by atoms with Crippen LogP contribution in [0.4, 0.5) is 0 Å². The van der Waals surface area contributed by atoms with Crippen molar-refractivity contribution in [3.8, 4) is 11.3 Å². The minimum absolute atomic E-state index is 0.213. The number of carbonyl (C=O) groups is 2. The number of carboxylic acid groups (broad SMARTS) is 1. The van der Waals surface area contributed by atoms with Crippen molar-refractivity contribution in [1.29, 1.82) is 0 Å². The van der Waals surface area contributed by atoms with Gasteiger partial charge in [0.25, 0.3) is 5.56 Å². The molecule has 2 atom stereocenters. The molecule has 0 saturated carbocycles. The van der Waals surface area contributed by atoms with Gasteiger partial charge in [-0.3, -0.25) is 9.59 Å². The van der Waals surface area contributed by atoms with Crippen molar-refractivity contribution < 1.29 is 14.7 Å². The highest BCUT2D eigenvalue weighted by Gasteiger charge is 2.25. The summed E-state index contributed by atoms with van der Waals surface area (Å²) in [5.74, 6) is -1.83. The molecule has 1 amide bonds. The maximum atomic E-state index is 12.2. The summed E-state index contributed by atoms with van der Waals surface area (Å²) in [6.45, 7) is 3.35. The first-order valence-corrected chi connectivity index (χ1v) is 8.06. The molecule has 1 aromatic heterocycles. The van der Waals surface area contributed by atoms with Crippen LogP contribution in [0.1, 0.15) is 20.3 Å². The van der Waals surface area contributed by atoms with Crippen LogP contribution in [0.2, 0.25) is 0 Å². The third-order valence-electron chi connectivity index (χ3n) is 4.05. The summed E-state index contributed by atoms with van der Waals surface area (Å²) in [5, 5.41) is 11.7. The van der Waals surface area contributed by atoms with Crippen LogP contribution in [-0.4, -0.2) is 32.6 Å². The Morgan fingerprint density at radius 3 is 2.56 bits per heavy atom. The van der Waals surface area contributed by atoms with Gasteiger partial charge in [0, 0.05) is 11.8 Å². The molecule has 2 unspecified atom stereocenters. The first kappa shape index (κ1) is 18.4. The fraction of sp³-hybridized carbons (Fsp3) is 0.333. The number of aliphatic carboxylic acids is 1. The zero-order valence-electron chi connectivity index (χ0n) is 14.2. The number of aromatic nitrogens is 2. The number of nitrogens with one attached hydrogen (secondary N) is 1. The zero-order chi connectivity index (χ0) is 18.4. The Morgan fingerprint density at radius 1 is 1.28 bits per heavy atom. The third kappa shape index (κ3) is 4.76. The quantitative estimate of drug-likeness (QED) is 0.794. The Bertz CT molecular complexity index is 801. The van der Waals surface area contributed by atoms with E-state index >= 15 is 0 Å². The number of hydrogen-bond acceptors (Lipinski definition) is 4. The number of carbonyl (C=O) groups excluding carboxylic acids is 1. The van der Waals surface area contributed by atoms with E-state index in [0.717, 1.165) is 11.8 Å². The van der Waals surface area contributed by atoms with Crippen molar-refractivity contribution in [3.05, 3.63) is 53.1 Å². The lowest BCUT2D eigenvalue weighted by Gasteiger charge is -2.20. The molecular formula is C18H21N3O4. The lowest BCUT2D eigenvalue weighted by atomic mass is 9.99. The van der Waals surface area contributed by atoms with Crippen LogP contribution >= 0.6 is 0 Å². The van der Waals surface area contributed by atoms with E-state index in [1.165, 1.54) is 10.8 Å². The first-order chi connectivity index (χ1) is 11.9. The predicted octanol–water partition coefficient (Wildman–Crippen LogP) is 1.53. The zero-order valence-corrected chi connectivity index (χ0v) is 14.2. The number of amides is 1. The predicted molar refractivity (Wildman–Crippen MR) is 93.0 cm³/mol. The van der Waals surface area contributed by atoms with Gasteiger partial charge in [-0.2, -0.15) is 0 Å². The van der Waals surface area contributed by atoms with Gasteiger partial charge in [-0.05, 0) is 5.92 Å². The normalized spacial score (nSPS) is 13.0. The van der Waals surface area contributed by atoms with Crippen LogP contribution in [0.5, 0.6) is 0 Å². The molecule has 7 heteroatoms. The maximum Gasteiger partial charge on any atom is 0.326 e. The van der Waals surface area contributed by atoms with Crippen molar-refractivity contribution in [1.82, 2.24) is 14.9 Å². The van der Waals surface area contributed by atoms with Gasteiger partial charge >= 0.3 is 5.97 Å². The van der Waals surface area contributed by atoms with Gasteiger partial charge in [-0.25, -0.2) is 9.78 Å². The van der Waals surface area contributed by atoms with Crippen LogP contribution in [0.3, 0.4) is 0 Å². The van der Waals surface area contributed by atoms with Gasteiger partial charge in [0.1, 0.15) is 12.6 Å². The molecule has 0 radical (unpaired) electrons. The van der Waals surface area contributed by atoms with E-state index in [2.05, 4.69) is 10.3 Å². The Balaban J connectivity index is 2.18. The lowest BCUT2D eigenvalue weighted by Crippen LogP contribution is -2.46. The number of carboxylic acids is 1. The Kier molecular flexibility index (Phi) is 6.05. The Labute approximate surface area is 145 Å². The molecule has 0 aliphatic rings. The van der Waals surface area contributed by atoms with Crippen LogP contribution in [0, 0.1) is 5.92 Å². The summed E-state index contributed by atoms with van der Waals surface area (Å²) < 4.78 is 1.22. The fourth-order valence-corrected chi connectivity index (χ4v) is 2.38. The van der Waals surface area contributed by atoms with Crippen molar-refractivity contribution in [3.63, 3.8) is 0 Å². The van der Waals surface area contributed by atoms with E-state index in [1.807, 2.05) is 37.3 Å². The second-order valence-corrected chi connectivity index (χ2v) is 5.87. The highest BCUT2D eigenvalue weighted by molar-refractivity contribution is 5.83. The summed E-state index contributed by atoms with van der Waals surface area (Å²) >= 11 is 0. The topological polar surface area (TPSA) is 101 Å². The third-order valence-corrected chi connectivity index (χ3v) is 4.05. The number of benzene rings is 1. The molecule has 0 aliphatic heterocycles. The Morgan fingerprint density at radius 2 is 1.96 bits per heavy atom. The molecule has 2 rings (SSSR count). The molecule has 7 nitrogen and oxygen atoms in total. The molecule has 2 N–H and O–H groups in total. The molecule has 132 valence electrons. The standard InChI is InChI=1S/C18H21N3O4/c1-3-12(2)17(18(24)25)20-15(22)11-21-10-14(19-9-16(21)23)13-7-5-4-6-8-13/h4-10,12,17H,3,11H2,1-2H3,(H,20,22)(H,24,25). The van der Waals surface area contributed by atoms with Crippen molar-refractivity contribution in [2.45, 2.75) is 32.9 Å². The molecule has 0 fully saturated rings. The number of rotatable bonds is 7. The van der Waals surface area contributed by atoms with Crippen LogP contribution < -0.4 is 10.9 Å². The summed E-state index contributed by atoms with van der Waals surface area (Å²) in [5.41, 5.74) is 0.953. The largest absolute Gasteiger partial charge is 0.480 e. The summed E-state index contributed by atoms with van der Waals surface area (Å²) in [4.78, 5) is 39.5. The second-order valence-electron chi connectivity index (χ2n) is 5.87. The van der Waals surface area contributed by atoms with E-state index in [4.69, 9.17) is 0 Å². The van der Waals surface area contributed by atoms with E-state index < -0.39 is 23.5 Å². The highest BCUT2D eigenvalue weighted by atomic mass is 16.4. The molecule has 0 saturated heterocycles. The van der Waals surface area contributed by atoms with Crippen LogP contribution in [0.25, 0.3) is 11.3 Å². The molecule has 0 spiro atoms. The van der Waals surface area contributed by atoms with Crippen LogP contribution in [-0.2, 0) is 16.1 Å². The molecule has 1 aromatic carbocycles. The molecule has 0 bridgehead atoms. The average Bonchev–Trinajstić information content (AvgIpc) is 2.61. The summed E-state index contributed by atoms with van der Waals surface area (Å²) in [7, 11) is 0. The van der Waals surface area contributed by atoms with E-state index in [9.17, 15) is 19.5 Å². The smallest absolute Gasteiger partial charge is 0.326 e. The van der Waals surface area contributed by atoms with Gasteiger partial charge < -0.3 is 15.0 Å². The average molecular weight is 343 g/mol. The summed E-state index contributed by atoms with van der Waals surface area (Å²) in [6.07, 6.45) is 3.26. The highest BCUT2D eigenvalue weighted by Crippen LogP contribution is 2.14. The maximum absolute atomic E-state index is 12.2. The Hall–Kier alpha value is -2.96. The van der Waals surface area contributed by atoms with Gasteiger partial charge in [0.05, 0.1) is 11.9 Å². The van der Waals surface area contributed by atoms with Gasteiger partial charge in [0.2, 0.25) is 5.91 Å². The minimum Gasteiger partial charge on any atom is -0.480 e. The van der Waals surface area contributed by atoms with Crippen molar-refractivity contribution in [2.24, 2.45) is 5.92 Å². The molecule has 0 aliphatic carbocycles. The molecule has 2 aromatic rings. The molecule has 1 heterocycles. The van der Waals surface area contributed by atoms with Crippen LogP contribution in [0.15, 0.2) is 47.5 Å². The molecule has 25 heavy (non-hydrogen) atoms. The van der Waals surface area contributed by atoms with Gasteiger partial charge in [-0.15, -0.1) is 0 Å². The minimum atomic E-state index is -1.09. The molecular weight excluding hydrogens is 322 g/mol. The van der Waals surface area contributed by atoms with E-state index in [1.54, 1.807) is 6.92 Å². The summed E-state index contributed by atoms with van der Waals surface area (Å²) in [6, 6.07) is 8.28. The fourth-order valence-electron chi connectivity index (χ4n) is 2.38. The van der Waals surface area contributed by atoms with Gasteiger partial charge in [0.15, 0.2) is 0 Å². The number of nitrogens with zero attached hydrogens (tertiary/aromatic N) is 2. The monoisotopic (exact) mass is 343 g/mol. The van der Waals surface area contributed by atoms with E-state index in [0.29, 0.717) is 12.1 Å². The van der Waals surface area contributed by atoms with Crippen molar-refractivity contribution in [2.75, 3.05) is 0 Å². The SMILES string of the molecule is CCC(C)C(NC(=O)Cn1cc(-c2ccccc2)ncc1=O)C(=O)O. The number of hydrogen-bond donors (Lipinski definition) is 2. The van der Waals surface area contributed by atoms with Gasteiger partial charge in [-0.1, -0.05) is 50.6 Å². The lowest BCUT2D eigenvalue weighted by molar-refractivity contribution is -0.143. The second kappa shape index (κ2) is 8.23. The van der Waals surface area contributed by atoms with E-state index in [-0.39, 0.29) is 12.5 Å².